The van der Waals surface area contributed by atoms with Crippen LogP contribution in [0.1, 0.15) is 49.5 Å². The number of nitrogens with one attached hydrogen (secondary N) is 1. The van der Waals surface area contributed by atoms with Crippen LogP contribution in [0.15, 0.2) is 48.5 Å². The van der Waals surface area contributed by atoms with Crippen molar-refractivity contribution in [1.29, 1.82) is 0 Å². The number of aliphatic hydroxyl groups is 1. The quantitative estimate of drug-likeness (QED) is 0.484. The van der Waals surface area contributed by atoms with Gasteiger partial charge in [-0.3, -0.25) is 0 Å². The zero-order valence-corrected chi connectivity index (χ0v) is 18.9. The Morgan fingerprint density at radius 2 is 1.69 bits per heavy atom. The third-order valence-electron chi connectivity index (χ3n) is 4.15. The molecule has 0 saturated heterocycles. The fraction of sp³-hybridized carbons (Fsp3) is 0.429. The smallest absolute Gasteiger partial charge is 0.0914 e. The van der Waals surface area contributed by atoms with Crippen molar-refractivity contribution in [2.45, 2.75) is 43.8 Å². The van der Waals surface area contributed by atoms with Crippen molar-refractivity contribution >= 4 is 40.3 Å². The van der Waals surface area contributed by atoms with Gasteiger partial charge in [-0.15, -0.1) is 17.0 Å². The molecule has 0 bridgehead atoms. The monoisotopic (exact) mass is 457 g/mol. The fourth-order valence-electron chi connectivity index (χ4n) is 2.59. The van der Waals surface area contributed by atoms with E-state index in [0.29, 0.717) is 22.7 Å². The van der Waals surface area contributed by atoms with Gasteiger partial charge in [-0.2, -0.15) is 11.8 Å². The van der Waals surface area contributed by atoms with Crippen LogP contribution in [0.2, 0.25) is 5.02 Å². The molecule has 5 heteroatoms. The van der Waals surface area contributed by atoms with Gasteiger partial charge in [-0.1, -0.05) is 68.8 Å². The summed E-state index contributed by atoms with van der Waals surface area (Å²) in [5.41, 5.74) is 3.54. The molecule has 0 spiro atoms. The Balaban J connectivity index is 0.00000338. The highest BCUT2D eigenvalue weighted by Gasteiger charge is 2.10. The minimum absolute atomic E-state index is 0. The summed E-state index contributed by atoms with van der Waals surface area (Å²) in [6.45, 7) is 8.01. The summed E-state index contributed by atoms with van der Waals surface area (Å²) in [6, 6.07) is 16.3. The lowest BCUT2D eigenvalue weighted by Gasteiger charge is -2.17. The van der Waals surface area contributed by atoms with Crippen LogP contribution in [0.3, 0.4) is 0 Å². The van der Waals surface area contributed by atoms with Crippen LogP contribution in [0.4, 0.5) is 0 Å². The van der Waals surface area contributed by atoms with Crippen molar-refractivity contribution in [1.82, 2.24) is 5.32 Å². The second-order valence-corrected chi connectivity index (χ2v) is 8.73. The van der Waals surface area contributed by atoms with Crippen molar-refractivity contribution in [3.63, 3.8) is 0 Å². The van der Waals surface area contributed by atoms with E-state index in [1.54, 1.807) is 0 Å². The van der Waals surface area contributed by atoms with Crippen LogP contribution in [0.25, 0.3) is 0 Å². The normalized spacial score (nSPS) is 13.3. The van der Waals surface area contributed by atoms with Crippen molar-refractivity contribution in [2.75, 3.05) is 13.1 Å². The number of aliphatic hydroxyl groups excluding tert-OH is 1. The van der Waals surface area contributed by atoms with Gasteiger partial charge in [0.25, 0.3) is 0 Å². The molecular weight excluding hydrogens is 430 g/mol. The van der Waals surface area contributed by atoms with E-state index in [2.05, 4.69) is 50.4 Å². The lowest BCUT2D eigenvalue weighted by molar-refractivity contribution is 0.174. The topological polar surface area (TPSA) is 32.3 Å². The number of halogens is 2. The summed E-state index contributed by atoms with van der Waals surface area (Å²) in [6.07, 6.45) is -0.540. The summed E-state index contributed by atoms with van der Waals surface area (Å²) in [7, 11) is 0. The molecule has 2 nitrogen and oxygen atoms in total. The van der Waals surface area contributed by atoms with Crippen LogP contribution >= 0.6 is 40.3 Å². The average molecular weight is 459 g/mol. The summed E-state index contributed by atoms with van der Waals surface area (Å²) >= 11 is 7.94. The lowest BCUT2D eigenvalue weighted by atomic mass is 10.00. The fourth-order valence-corrected chi connectivity index (χ4v) is 3.51. The van der Waals surface area contributed by atoms with Gasteiger partial charge in [0.1, 0.15) is 0 Å². The SMILES string of the molecule is Br.CC(C)SCc1ccc(C(C)CNCC(O)c2cccc(Cl)c2)cc1. The summed E-state index contributed by atoms with van der Waals surface area (Å²) < 4.78 is 0. The van der Waals surface area contributed by atoms with Crippen LogP contribution < -0.4 is 5.32 Å². The first-order valence-corrected chi connectivity index (χ1v) is 10.2. The number of hydrogen-bond donors (Lipinski definition) is 2. The number of benzene rings is 2. The lowest BCUT2D eigenvalue weighted by Crippen LogP contribution is -2.25. The molecule has 0 radical (unpaired) electrons. The number of hydrogen-bond acceptors (Lipinski definition) is 3. The average Bonchev–Trinajstić information content (AvgIpc) is 2.60. The molecule has 0 aromatic heterocycles. The summed E-state index contributed by atoms with van der Waals surface area (Å²) in [5, 5.41) is 14.9. The van der Waals surface area contributed by atoms with Gasteiger partial charge in [0, 0.05) is 23.9 Å². The zero-order valence-electron chi connectivity index (χ0n) is 15.6. The van der Waals surface area contributed by atoms with Crippen molar-refractivity contribution in [3.05, 3.63) is 70.2 Å². The Kier molecular flexibility index (Phi) is 10.9. The standard InChI is InChI=1S/C21H28ClNOS.BrH/c1-15(2)25-14-17-7-9-18(10-8-17)16(3)12-23-13-21(24)19-5-4-6-20(22)11-19;/h4-11,15-16,21,23-24H,12-14H2,1-3H3;1H. The molecule has 2 aromatic carbocycles. The molecule has 2 atom stereocenters. The van der Waals surface area contributed by atoms with Crippen molar-refractivity contribution < 1.29 is 5.11 Å². The van der Waals surface area contributed by atoms with Gasteiger partial charge in [0.2, 0.25) is 0 Å². The minimum atomic E-state index is -0.540. The maximum atomic E-state index is 10.2. The van der Waals surface area contributed by atoms with Crippen molar-refractivity contribution in [2.24, 2.45) is 0 Å². The largest absolute Gasteiger partial charge is 0.387 e. The first-order valence-electron chi connectivity index (χ1n) is 8.80. The molecule has 2 rings (SSSR count). The highest BCUT2D eigenvalue weighted by Crippen LogP contribution is 2.21. The van der Waals surface area contributed by atoms with Gasteiger partial charge in [0.05, 0.1) is 6.10 Å². The van der Waals surface area contributed by atoms with Crippen molar-refractivity contribution in [3.8, 4) is 0 Å². The van der Waals surface area contributed by atoms with E-state index in [0.717, 1.165) is 17.9 Å². The van der Waals surface area contributed by atoms with Crippen LogP contribution in [-0.2, 0) is 5.75 Å². The first kappa shape index (κ1) is 23.5. The van der Waals surface area contributed by atoms with E-state index < -0.39 is 6.10 Å². The number of rotatable bonds is 9. The predicted octanol–water partition coefficient (Wildman–Crippen LogP) is 5.99. The van der Waals surface area contributed by atoms with Gasteiger partial charge >= 0.3 is 0 Å². The van der Waals surface area contributed by atoms with Gasteiger partial charge in [-0.05, 0) is 40.0 Å². The zero-order chi connectivity index (χ0) is 18.2. The molecule has 0 amide bonds. The Labute approximate surface area is 177 Å². The Morgan fingerprint density at radius 3 is 2.31 bits per heavy atom. The van der Waals surface area contributed by atoms with Crippen LogP contribution in [0, 0.1) is 0 Å². The molecule has 0 aliphatic carbocycles. The molecule has 144 valence electrons. The Hall–Kier alpha value is -0.520. The van der Waals surface area contributed by atoms with Gasteiger partial charge in [-0.25, -0.2) is 0 Å². The van der Waals surface area contributed by atoms with Gasteiger partial charge in [0.15, 0.2) is 0 Å². The van der Waals surface area contributed by atoms with E-state index in [4.69, 9.17) is 11.6 Å². The second-order valence-electron chi connectivity index (χ2n) is 6.73. The molecule has 0 aliphatic heterocycles. The Morgan fingerprint density at radius 1 is 1.00 bits per heavy atom. The first-order chi connectivity index (χ1) is 12.0. The highest BCUT2D eigenvalue weighted by atomic mass is 79.9. The van der Waals surface area contributed by atoms with E-state index >= 15 is 0 Å². The maximum Gasteiger partial charge on any atom is 0.0914 e. The van der Waals surface area contributed by atoms with E-state index in [9.17, 15) is 5.11 Å². The van der Waals surface area contributed by atoms with Crippen LogP contribution in [0.5, 0.6) is 0 Å². The minimum Gasteiger partial charge on any atom is -0.387 e. The molecule has 0 heterocycles. The predicted molar refractivity (Wildman–Crippen MR) is 121 cm³/mol. The molecule has 0 saturated carbocycles. The molecule has 2 unspecified atom stereocenters. The summed E-state index contributed by atoms with van der Waals surface area (Å²) in [4.78, 5) is 0. The molecular formula is C21H29BrClNOS. The molecule has 2 aromatic rings. The van der Waals surface area contributed by atoms with E-state index in [1.807, 2.05) is 36.0 Å². The second kappa shape index (κ2) is 12.0. The maximum absolute atomic E-state index is 10.2. The number of thioether (sulfide) groups is 1. The highest BCUT2D eigenvalue weighted by molar-refractivity contribution is 8.93. The third-order valence-corrected chi connectivity index (χ3v) is 5.56. The molecule has 2 N–H and O–H groups in total. The molecule has 0 aliphatic rings. The van der Waals surface area contributed by atoms with E-state index in [-0.39, 0.29) is 17.0 Å². The molecule has 0 fully saturated rings. The third kappa shape index (κ3) is 8.01. The summed E-state index contributed by atoms with van der Waals surface area (Å²) in [5.74, 6) is 1.47. The van der Waals surface area contributed by atoms with Crippen LogP contribution in [-0.4, -0.2) is 23.4 Å². The Bertz CT molecular complexity index is 651. The van der Waals surface area contributed by atoms with E-state index in [1.165, 1.54) is 11.1 Å². The molecule has 26 heavy (non-hydrogen) atoms. The van der Waals surface area contributed by atoms with Gasteiger partial charge < -0.3 is 10.4 Å².